The van der Waals surface area contributed by atoms with E-state index in [4.69, 9.17) is 16.6 Å². The van der Waals surface area contributed by atoms with Gasteiger partial charge in [-0.05, 0) is 61.7 Å². The lowest BCUT2D eigenvalue weighted by Gasteiger charge is -2.15. The van der Waals surface area contributed by atoms with E-state index < -0.39 is 0 Å². The summed E-state index contributed by atoms with van der Waals surface area (Å²) in [6, 6.07) is 19.5. The van der Waals surface area contributed by atoms with E-state index >= 15 is 0 Å². The van der Waals surface area contributed by atoms with Crippen LogP contribution >= 0.6 is 11.6 Å². The minimum Gasteiger partial charge on any atom is -0.345 e. The third kappa shape index (κ3) is 3.96. The Bertz CT molecular complexity index is 1220. The van der Waals surface area contributed by atoms with Crippen molar-refractivity contribution < 1.29 is 4.79 Å². The number of carbonyl (C=O) groups excluding carboxylic acids is 1. The van der Waals surface area contributed by atoms with Crippen molar-refractivity contribution in [3.8, 4) is 0 Å². The Balaban J connectivity index is 1.67. The van der Waals surface area contributed by atoms with Gasteiger partial charge in [0.2, 0.25) is 0 Å². The average molecular weight is 418 g/mol. The number of hydrogen-bond donors (Lipinski definition) is 1. The molecule has 4 rings (SSSR count). The summed E-state index contributed by atoms with van der Waals surface area (Å²) in [4.78, 5) is 17.4. The highest BCUT2D eigenvalue weighted by Gasteiger charge is 2.15. The number of para-hydroxylation sites is 2. The number of amides is 1. The van der Waals surface area contributed by atoms with Crippen molar-refractivity contribution in [2.45, 2.75) is 33.9 Å². The minimum atomic E-state index is -0.207. The zero-order valence-corrected chi connectivity index (χ0v) is 18.1. The fourth-order valence-electron chi connectivity index (χ4n) is 3.95. The van der Waals surface area contributed by atoms with Crippen LogP contribution in [0.1, 0.15) is 38.4 Å². The first-order valence-electron chi connectivity index (χ1n) is 9.97. The molecule has 0 saturated carbocycles. The molecule has 152 valence electrons. The predicted molar refractivity (Wildman–Crippen MR) is 122 cm³/mol. The van der Waals surface area contributed by atoms with Crippen LogP contribution in [0.5, 0.6) is 0 Å². The molecule has 1 heterocycles. The number of halogens is 1. The molecule has 0 atom stereocenters. The number of nitrogens with zero attached hydrogens (tertiary/aromatic N) is 2. The van der Waals surface area contributed by atoms with Gasteiger partial charge in [0.1, 0.15) is 5.82 Å². The van der Waals surface area contributed by atoms with E-state index in [0.29, 0.717) is 23.7 Å². The molecule has 4 nitrogen and oxygen atoms in total. The smallest absolute Gasteiger partial charge is 0.253 e. The Morgan fingerprint density at radius 2 is 1.67 bits per heavy atom. The van der Waals surface area contributed by atoms with Crippen molar-refractivity contribution in [2.75, 3.05) is 0 Å². The molecular formula is C25H24ClN3O. The van der Waals surface area contributed by atoms with Crippen molar-refractivity contribution in [3.05, 3.63) is 99.3 Å². The molecule has 1 N–H and O–H groups in total. The van der Waals surface area contributed by atoms with Gasteiger partial charge in [0.15, 0.2) is 0 Å². The monoisotopic (exact) mass is 417 g/mol. The SMILES string of the molecule is Cc1cc(C)c(Cn2c(CNC(=O)c3ccccc3Cl)nc3ccccc32)c(C)c1. The minimum absolute atomic E-state index is 0.207. The molecule has 30 heavy (non-hydrogen) atoms. The van der Waals surface area contributed by atoms with Crippen molar-refractivity contribution in [1.82, 2.24) is 14.9 Å². The first-order valence-corrected chi connectivity index (χ1v) is 10.4. The van der Waals surface area contributed by atoms with E-state index in [1.807, 2.05) is 24.3 Å². The molecule has 4 aromatic rings. The largest absolute Gasteiger partial charge is 0.345 e. The molecule has 0 unspecified atom stereocenters. The second-order valence-electron chi connectivity index (χ2n) is 7.64. The molecule has 0 saturated heterocycles. The first-order chi connectivity index (χ1) is 14.4. The van der Waals surface area contributed by atoms with E-state index in [1.54, 1.807) is 18.2 Å². The maximum atomic E-state index is 12.6. The fraction of sp³-hybridized carbons (Fsp3) is 0.200. The Hall–Kier alpha value is -3.11. The summed E-state index contributed by atoms with van der Waals surface area (Å²) >= 11 is 6.17. The Morgan fingerprint density at radius 3 is 2.40 bits per heavy atom. The number of aromatic nitrogens is 2. The van der Waals surface area contributed by atoms with E-state index in [-0.39, 0.29) is 5.91 Å². The predicted octanol–water partition coefficient (Wildman–Crippen LogP) is 5.59. The number of fused-ring (bicyclic) bond motifs is 1. The molecule has 0 aliphatic heterocycles. The molecule has 1 aromatic heterocycles. The molecular weight excluding hydrogens is 394 g/mol. The lowest BCUT2D eigenvalue weighted by Crippen LogP contribution is -2.25. The van der Waals surface area contributed by atoms with Crippen LogP contribution < -0.4 is 5.32 Å². The van der Waals surface area contributed by atoms with Crippen LogP contribution in [0, 0.1) is 20.8 Å². The van der Waals surface area contributed by atoms with E-state index in [0.717, 1.165) is 16.9 Å². The highest BCUT2D eigenvalue weighted by atomic mass is 35.5. The summed E-state index contributed by atoms with van der Waals surface area (Å²) < 4.78 is 2.19. The summed E-state index contributed by atoms with van der Waals surface area (Å²) in [6.45, 7) is 7.44. The molecule has 0 aliphatic rings. The van der Waals surface area contributed by atoms with E-state index in [1.165, 1.54) is 22.3 Å². The maximum absolute atomic E-state index is 12.6. The third-order valence-corrected chi connectivity index (χ3v) is 5.75. The van der Waals surface area contributed by atoms with Gasteiger partial charge in [-0.1, -0.05) is 53.6 Å². The number of aryl methyl sites for hydroxylation is 3. The molecule has 0 aliphatic carbocycles. The normalized spacial score (nSPS) is 11.1. The number of nitrogens with one attached hydrogen (secondary N) is 1. The number of carbonyl (C=O) groups is 1. The molecule has 3 aromatic carbocycles. The van der Waals surface area contributed by atoms with E-state index in [9.17, 15) is 4.79 Å². The van der Waals surface area contributed by atoms with Crippen LogP contribution in [0.25, 0.3) is 11.0 Å². The third-order valence-electron chi connectivity index (χ3n) is 5.42. The number of rotatable bonds is 5. The van der Waals surface area contributed by atoms with Crippen molar-refractivity contribution in [3.63, 3.8) is 0 Å². The number of hydrogen-bond acceptors (Lipinski definition) is 2. The average Bonchev–Trinajstić information content (AvgIpc) is 3.06. The first kappa shape index (κ1) is 20.2. The Kier molecular flexibility index (Phi) is 5.60. The molecule has 0 spiro atoms. The standard InChI is InChI=1S/C25H24ClN3O/c1-16-12-17(2)20(18(3)13-16)15-29-23-11-7-6-10-22(23)28-24(29)14-27-25(30)19-8-4-5-9-21(19)26/h4-13H,14-15H2,1-3H3,(H,27,30). The van der Waals surface area contributed by atoms with Gasteiger partial charge < -0.3 is 9.88 Å². The van der Waals surface area contributed by atoms with Crippen LogP contribution in [0.4, 0.5) is 0 Å². The van der Waals surface area contributed by atoms with E-state index in [2.05, 4.69) is 48.9 Å². The molecule has 0 bridgehead atoms. The van der Waals surface area contributed by atoms with Gasteiger partial charge in [0.05, 0.1) is 28.2 Å². The van der Waals surface area contributed by atoms with Crippen LogP contribution in [-0.2, 0) is 13.1 Å². The van der Waals surface area contributed by atoms with Crippen LogP contribution in [-0.4, -0.2) is 15.5 Å². The summed E-state index contributed by atoms with van der Waals surface area (Å²) in [5.41, 5.74) is 7.50. The van der Waals surface area contributed by atoms with Crippen molar-refractivity contribution in [1.29, 1.82) is 0 Å². The zero-order valence-electron chi connectivity index (χ0n) is 17.4. The van der Waals surface area contributed by atoms with Gasteiger partial charge in [-0.25, -0.2) is 4.98 Å². The second kappa shape index (κ2) is 8.33. The molecule has 0 radical (unpaired) electrons. The summed E-state index contributed by atoms with van der Waals surface area (Å²) in [5, 5.41) is 3.41. The van der Waals surface area contributed by atoms with Gasteiger partial charge >= 0.3 is 0 Å². The highest BCUT2D eigenvalue weighted by molar-refractivity contribution is 6.33. The van der Waals surface area contributed by atoms with Crippen molar-refractivity contribution >= 4 is 28.5 Å². The van der Waals surface area contributed by atoms with Gasteiger partial charge in [-0.2, -0.15) is 0 Å². The van der Waals surface area contributed by atoms with Gasteiger partial charge in [-0.15, -0.1) is 0 Å². The maximum Gasteiger partial charge on any atom is 0.253 e. The molecule has 1 amide bonds. The van der Waals surface area contributed by atoms with Crippen molar-refractivity contribution in [2.24, 2.45) is 0 Å². The van der Waals surface area contributed by atoms with Crippen LogP contribution in [0.3, 0.4) is 0 Å². The molecule has 5 heteroatoms. The number of benzene rings is 3. The lowest BCUT2D eigenvalue weighted by molar-refractivity contribution is 0.0949. The van der Waals surface area contributed by atoms with Gasteiger partial charge in [0, 0.05) is 6.54 Å². The Morgan fingerprint density at radius 1 is 1.00 bits per heavy atom. The van der Waals surface area contributed by atoms with Gasteiger partial charge in [0.25, 0.3) is 5.91 Å². The summed E-state index contributed by atoms with van der Waals surface area (Å²) in [5.74, 6) is 0.609. The Labute approximate surface area is 181 Å². The zero-order chi connectivity index (χ0) is 21.3. The van der Waals surface area contributed by atoms with Crippen LogP contribution in [0.15, 0.2) is 60.7 Å². The number of imidazole rings is 1. The lowest BCUT2D eigenvalue weighted by atomic mass is 9.99. The van der Waals surface area contributed by atoms with Gasteiger partial charge in [-0.3, -0.25) is 4.79 Å². The fourth-order valence-corrected chi connectivity index (χ4v) is 4.18. The summed E-state index contributed by atoms with van der Waals surface area (Å²) in [6.07, 6.45) is 0. The quantitative estimate of drug-likeness (QED) is 0.460. The second-order valence-corrected chi connectivity index (χ2v) is 8.05. The highest BCUT2D eigenvalue weighted by Crippen LogP contribution is 2.23. The summed E-state index contributed by atoms with van der Waals surface area (Å²) in [7, 11) is 0. The topological polar surface area (TPSA) is 46.9 Å². The van der Waals surface area contributed by atoms with Crippen LogP contribution in [0.2, 0.25) is 5.02 Å². The molecule has 0 fully saturated rings.